The zero-order valence-electron chi connectivity index (χ0n) is 42.1. The normalized spacial score (nSPS) is 16.6. The predicted octanol–water partition coefficient (Wildman–Crippen LogP) is 16.9. The van der Waals surface area contributed by atoms with Crippen molar-refractivity contribution in [1.29, 1.82) is 0 Å². The number of fused-ring (bicyclic) bond motifs is 2. The van der Waals surface area contributed by atoms with E-state index in [0.29, 0.717) is 30.9 Å². The SMILES string of the molecule is COc1c(C(C)(C)C)cc2c(c1-c1cc(C(C)C)cc(C(C)C)c1)C=C(C)[CH]2[Zr]([CH3])([CH3])(=[SiH2])[CH]1C(C)=Cc2c1cc(C(C)(C)C)c(OC)c2-c1cc(C(C)C)cc(C(C)C)c1.Cl.Cl. The summed E-state index contributed by atoms with van der Waals surface area (Å²) in [5.41, 5.74) is 21.8. The molecule has 2 atom stereocenters. The molecule has 0 radical (unpaired) electrons. The first-order valence-electron chi connectivity index (χ1n) is 22.9. The maximum Gasteiger partial charge on any atom is -0.147 e. The zero-order chi connectivity index (χ0) is 44.8. The molecule has 6 heteroatoms. The Morgan fingerprint density at radius 2 is 0.774 bits per heavy atom. The molecule has 0 fully saturated rings. The van der Waals surface area contributed by atoms with Crippen molar-refractivity contribution in [3.63, 3.8) is 0 Å². The van der Waals surface area contributed by atoms with Gasteiger partial charge in [-0.25, -0.2) is 0 Å². The molecule has 338 valence electrons. The maximum atomic E-state index is 6.56. The average molecular weight is 975 g/mol. The molecular formula is C56H80Cl2O2SiZr. The Morgan fingerprint density at radius 1 is 0.500 bits per heavy atom. The van der Waals surface area contributed by atoms with Crippen molar-refractivity contribution in [1.82, 2.24) is 0 Å². The molecule has 4 aromatic carbocycles. The fourth-order valence-corrected chi connectivity index (χ4v) is 32.3. The third-order valence-corrected chi connectivity index (χ3v) is 32.0. The van der Waals surface area contributed by atoms with Gasteiger partial charge in [0.05, 0.1) is 0 Å². The fraction of sp³-hybridized carbons (Fsp3) is 0.500. The Labute approximate surface area is 392 Å². The van der Waals surface area contributed by atoms with Crippen LogP contribution in [0.4, 0.5) is 0 Å². The van der Waals surface area contributed by atoms with Crippen LogP contribution in [0.1, 0.15) is 197 Å². The van der Waals surface area contributed by atoms with E-state index in [1.165, 1.54) is 89.0 Å². The molecule has 0 aromatic heterocycles. The summed E-state index contributed by atoms with van der Waals surface area (Å²) in [4.78, 5) is 0. The first kappa shape index (κ1) is 52.3. The average Bonchev–Trinajstić information content (AvgIpc) is 3.67. The zero-order valence-corrected chi connectivity index (χ0v) is 47.6. The number of rotatable bonds is 10. The van der Waals surface area contributed by atoms with E-state index in [-0.39, 0.29) is 35.6 Å². The van der Waals surface area contributed by atoms with E-state index in [1.54, 1.807) is 0 Å². The van der Waals surface area contributed by atoms with Crippen molar-refractivity contribution in [3.05, 3.63) is 115 Å². The summed E-state index contributed by atoms with van der Waals surface area (Å²) in [7, 11) is 3.77. The second-order valence-electron chi connectivity index (χ2n) is 23.1. The van der Waals surface area contributed by atoms with Crippen LogP contribution in [0, 0.1) is 0 Å². The molecule has 0 bridgehead atoms. The molecule has 0 saturated carbocycles. The summed E-state index contributed by atoms with van der Waals surface area (Å²) in [5.74, 6) is 3.76. The minimum Gasteiger partial charge on any atom is -0.147 e. The van der Waals surface area contributed by atoms with Gasteiger partial charge < -0.3 is 0 Å². The van der Waals surface area contributed by atoms with Crippen LogP contribution in [-0.2, 0) is 28.2 Å². The second kappa shape index (κ2) is 18.1. The predicted molar refractivity (Wildman–Crippen MR) is 278 cm³/mol. The summed E-state index contributed by atoms with van der Waals surface area (Å²) in [5, 5.41) is 0. The van der Waals surface area contributed by atoms with E-state index < -0.39 is 17.4 Å². The Kier molecular flexibility index (Phi) is 15.3. The topological polar surface area (TPSA) is 18.5 Å². The molecule has 2 unspecified atom stereocenters. The monoisotopic (exact) mass is 972 g/mol. The van der Waals surface area contributed by atoms with Crippen molar-refractivity contribution < 1.29 is 26.9 Å². The van der Waals surface area contributed by atoms with Crippen molar-refractivity contribution in [2.45, 2.75) is 162 Å². The van der Waals surface area contributed by atoms with Gasteiger partial charge in [-0.1, -0.05) is 0 Å². The number of methoxy groups -OCH3 is 2. The summed E-state index contributed by atoms with van der Waals surface area (Å²) in [6.45, 7) is 40.0. The van der Waals surface area contributed by atoms with Crippen molar-refractivity contribution >= 4 is 43.8 Å². The molecule has 2 nitrogen and oxygen atoms in total. The largest absolute Gasteiger partial charge is 0.147 e. The van der Waals surface area contributed by atoms with Crippen LogP contribution in [0.25, 0.3) is 34.4 Å². The van der Waals surface area contributed by atoms with Gasteiger partial charge in [0.1, 0.15) is 0 Å². The summed E-state index contributed by atoms with van der Waals surface area (Å²) >= 11 is -4.04. The number of hydrogen-bond donors (Lipinski definition) is 0. The molecule has 0 aliphatic heterocycles. The number of allylic oxidation sites excluding steroid dienone is 2. The van der Waals surface area contributed by atoms with E-state index in [4.69, 9.17) is 9.47 Å². The third-order valence-electron chi connectivity index (χ3n) is 14.1. The molecule has 0 amide bonds. The van der Waals surface area contributed by atoms with Crippen molar-refractivity contribution in [2.24, 2.45) is 0 Å². The van der Waals surface area contributed by atoms with Gasteiger partial charge in [-0.05, 0) is 0 Å². The van der Waals surface area contributed by atoms with Crippen LogP contribution in [0.3, 0.4) is 0 Å². The number of halogens is 2. The van der Waals surface area contributed by atoms with Crippen LogP contribution < -0.4 is 9.47 Å². The second-order valence-corrected chi connectivity index (χ2v) is 53.6. The van der Waals surface area contributed by atoms with Gasteiger partial charge in [-0.2, -0.15) is 0 Å². The van der Waals surface area contributed by atoms with Gasteiger partial charge >= 0.3 is 371 Å². The molecule has 2 aliphatic rings. The van der Waals surface area contributed by atoms with Gasteiger partial charge in [0.15, 0.2) is 0 Å². The minimum atomic E-state index is -4.04. The van der Waals surface area contributed by atoms with E-state index in [9.17, 15) is 0 Å². The molecular weight excluding hydrogens is 895 g/mol. The molecule has 4 aromatic rings. The molecule has 2 aliphatic carbocycles. The van der Waals surface area contributed by atoms with Gasteiger partial charge in [0, 0.05) is 0 Å². The maximum absolute atomic E-state index is 6.56. The van der Waals surface area contributed by atoms with Crippen LogP contribution in [-0.4, -0.2) is 21.1 Å². The summed E-state index contributed by atoms with van der Waals surface area (Å²) < 4.78 is 19.4. The molecule has 62 heavy (non-hydrogen) atoms. The Hall–Kier alpha value is -2.36. The molecule has 0 N–H and O–H groups in total. The van der Waals surface area contributed by atoms with Gasteiger partial charge in [-0.3, -0.25) is 0 Å². The minimum absolute atomic E-state index is 0. The molecule has 0 saturated heterocycles. The quantitative estimate of drug-likeness (QED) is 0.147. The number of ether oxygens (including phenoxy) is 2. The third kappa shape index (κ3) is 9.22. The van der Waals surface area contributed by atoms with Crippen LogP contribution >= 0.6 is 24.8 Å². The Bertz CT molecular complexity index is 2280. The first-order valence-corrected chi connectivity index (χ1v) is 36.5. The molecule has 6 rings (SSSR count). The summed E-state index contributed by atoms with van der Waals surface area (Å²) in [6.07, 6.45) is 5.13. The summed E-state index contributed by atoms with van der Waals surface area (Å²) in [6, 6.07) is 19.8. The smallest absolute Gasteiger partial charge is 0.147 e. The van der Waals surface area contributed by atoms with E-state index >= 15 is 0 Å². The van der Waals surface area contributed by atoms with Crippen LogP contribution in [0.5, 0.6) is 11.5 Å². The van der Waals surface area contributed by atoms with E-state index in [0.717, 1.165) is 11.5 Å². The van der Waals surface area contributed by atoms with Crippen molar-refractivity contribution in [3.8, 4) is 33.8 Å². The van der Waals surface area contributed by atoms with Gasteiger partial charge in [0.2, 0.25) is 0 Å². The standard InChI is InChI=1S/2C27H35O.2CH3.2ClH.H2Si.Zr/c2*1-16(2)19-12-20(17(3)4)14-22(13-19)25-23-11-18(5)10-21(23)15-24(26(25)28-9)27(6,7)8;;;;;;/h2*10-17H,1-9H3;2*1H3;2*1H;1H2;. The van der Waals surface area contributed by atoms with Crippen LogP contribution in [0.2, 0.25) is 9.26 Å². The first-order chi connectivity index (χ1) is 27.6. The molecule has 0 heterocycles. The van der Waals surface area contributed by atoms with Crippen molar-refractivity contribution in [2.75, 3.05) is 14.2 Å². The van der Waals surface area contributed by atoms with E-state index in [1.807, 2.05) is 14.2 Å². The molecule has 0 spiro atoms. The Morgan fingerprint density at radius 3 is 1.00 bits per heavy atom. The number of benzene rings is 4. The number of hydrogen-bond acceptors (Lipinski definition) is 2. The van der Waals surface area contributed by atoms with Gasteiger partial charge in [-0.15, -0.1) is 24.8 Å². The van der Waals surface area contributed by atoms with E-state index in [2.05, 4.69) is 188 Å². The Balaban J connectivity index is 0.00000422. The van der Waals surface area contributed by atoms with Crippen LogP contribution in [0.15, 0.2) is 59.7 Å². The fourth-order valence-electron chi connectivity index (χ4n) is 11.1. The van der Waals surface area contributed by atoms with Gasteiger partial charge in [0.25, 0.3) is 0 Å².